The second-order valence-electron chi connectivity index (χ2n) is 8.76. The molecule has 2 aromatic rings. The van der Waals surface area contributed by atoms with Crippen LogP contribution in [0.25, 0.3) is 0 Å². The van der Waals surface area contributed by atoms with Crippen LogP contribution in [-0.4, -0.2) is 78.9 Å². The lowest BCUT2D eigenvalue weighted by Gasteiger charge is -2.23. The first-order valence-corrected chi connectivity index (χ1v) is 12.7. The Morgan fingerprint density at radius 2 is 1.81 bits per heavy atom. The maximum absolute atomic E-state index is 13.0. The first-order valence-electron chi connectivity index (χ1n) is 11.6. The van der Waals surface area contributed by atoms with Crippen molar-refractivity contribution in [3.63, 3.8) is 0 Å². The summed E-state index contributed by atoms with van der Waals surface area (Å²) in [6.45, 7) is 1.54. The number of hydrogen-bond acceptors (Lipinski definition) is 8. The Kier molecular flexibility index (Phi) is 9.95. The van der Waals surface area contributed by atoms with E-state index in [-0.39, 0.29) is 23.5 Å². The van der Waals surface area contributed by atoms with Gasteiger partial charge >= 0.3 is 6.09 Å². The summed E-state index contributed by atoms with van der Waals surface area (Å²) in [5, 5.41) is 13.8. The Bertz CT molecular complexity index is 1030. The molecule has 1 aliphatic heterocycles. The standard InChI is InChI=1S/C25H32N4O6S/c1-27(2)13-12-26-24(30)23-14-22(36-17-19-6-10-21(34-3)11-7-19)15-28(23)25(31)35-16-18-4-8-20(9-5-18)29(32)33/h4-11,22-23H,12-17H2,1-3H3,(H,26,30)/t22-,23-/m0/s1. The molecule has 36 heavy (non-hydrogen) atoms. The first-order chi connectivity index (χ1) is 17.3. The van der Waals surface area contributed by atoms with Crippen LogP contribution in [0.3, 0.4) is 0 Å². The molecule has 194 valence electrons. The fraction of sp³-hybridized carbons (Fsp3) is 0.440. The Morgan fingerprint density at radius 1 is 1.14 bits per heavy atom. The van der Waals surface area contributed by atoms with Gasteiger partial charge in [0.2, 0.25) is 5.91 Å². The molecule has 0 bridgehead atoms. The van der Waals surface area contributed by atoms with Crippen molar-refractivity contribution in [2.24, 2.45) is 0 Å². The molecule has 0 radical (unpaired) electrons. The highest BCUT2D eigenvalue weighted by molar-refractivity contribution is 7.99. The molecule has 11 heteroatoms. The molecule has 0 spiro atoms. The molecule has 1 N–H and O–H groups in total. The monoisotopic (exact) mass is 516 g/mol. The van der Waals surface area contributed by atoms with E-state index in [9.17, 15) is 19.7 Å². The minimum atomic E-state index is -0.620. The van der Waals surface area contributed by atoms with Gasteiger partial charge in [0, 0.05) is 42.8 Å². The van der Waals surface area contributed by atoms with Crippen LogP contribution < -0.4 is 10.1 Å². The maximum atomic E-state index is 13.0. The van der Waals surface area contributed by atoms with Gasteiger partial charge in [0.1, 0.15) is 18.4 Å². The number of rotatable bonds is 11. The summed E-state index contributed by atoms with van der Waals surface area (Å²) < 4.78 is 10.7. The van der Waals surface area contributed by atoms with Gasteiger partial charge in [0.15, 0.2) is 0 Å². The van der Waals surface area contributed by atoms with Crippen LogP contribution in [0.4, 0.5) is 10.5 Å². The van der Waals surface area contributed by atoms with Gasteiger partial charge in [-0.2, -0.15) is 11.8 Å². The summed E-state index contributed by atoms with van der Waals surface area (Å²) in [5.41, 5.74) is 1.73. The van der Waals surface area contributed by atoms with Gasteiger partial charge in [0.05, 0.1) is 12.0 Å². The SMILES string of the molecule is COc1ccc(CS[C@H]2C[C@@H](C(=O)NCCN(C)C)N(C(=O)OCc3ccc([N+](=O)[O-])cc3)C2)cc1. The second-order valence-corrected chi connectivity index (χ2v) is 10.0. The molecule has 2 atom stereocenters. The van der Waals surface area contributed by atoms with E-state index < -0.39 is 17.1 Å². The van der Waals surface area contributed by atoms with Gasteiger partial charge in [-0.15, -0.1) is 0 Å². The summed E-state index contributed by atoms with van der Waals surface area (Å²) in [6, 6.07) is 13.0. The zero-order valence-electron chi connectivity index (χ0n) is 20.7. The first kappa shape index (κ1) is 27.3. The molecule has 0 aromatic heterocycles. The molecule has 1 heterocycles. The highest BCUT2D eigenvalue weighted by atomic mass is 32.2. The average molecular weight is 517 g/mol. The van der Waals surface area contributed by atoms with Crippen LogP contribution in [-0.2, 0) is 21.9 Å². The molecule has 2 aromatic carbocycles. The highest BCUT2D eigenvalue weighted by Crippen LogP contribution is 2.31. The fourth-order valence-electron chi connectivity index (χ4n) is 3.77. The number of thioether (sulfide) groups is 1. The zero-order chi connectivity index (χ0) is 26.1. The molecule has 1 aliphatic rings. The van der Waals surface area contributed by atoms with E-state index >= 15 is 0 Å². The summed E-state index contributed by atoms with van der Waals surface area (Å²) >= 11 is 1.70. The lowest BCUT2D eigenvalue weighted by atomic mass is 10.2. The fourth-order valence-corrected chi connectivity index (χ4v) is 4.97. The Labute approximate surface area is 215 Å². The van der Waals surface area contributed by atoms with E-state index in [2.05, 4.69) is 5.32 Å². The number of methoxy groups -OCH3 is 1. The van der Waals surface area contributed by atoms with Gasteiger partial charge in [-0.05, 0) is 55.9 Å². The number of nitrogens with zero attached hydrogens (tertiary/aromatic N) is 3. The molecule has 1 saturated heterocycles. The van der Waals surface area contributed by atoms with Gasteiger partial charge in [-0.1, -0.05) is 12.1 Å². The average Bonchev–Trinajstić information content (AvgIpc) is 3.31. The number of nitrogens with one attached hydrogen (secondary N) is 1. The molecule has 0 saturated carbocycles. The van der Waals surface area contributed by atoms with Gasteiger partial charge in [-0.25, -0.2) is 4.79 Å². The van der Waals surface area contributed by atoms with Crippen molar-refractivity contribution < 1.29 is 24.0 Å². The van der Waals surface area contributed by atoms with Crippen LogP contribution in [0, 0.1) is 10.1 Å². The minimum absolute atomic E-state index is 0.0317. The van der Waals surface area contributed by atoms with Gasteiger partial charge in [0.25, 0.3) is 5.69 Å². The summed E-state index contributed by atoms with van der Waals surface area (Å²) in [4.78, 5) is 39.7. The van der Waals surface area contributed by atoms with Crippen molar-refractivity contribution in [2.45, 2.75) is 30.1 Å². The van der Waals surface area contributed by atoms with Crippen LogP contribution in [0.5, 0.6) is 5.75 Å². The molecule has 10 nitrogen and oxygen atoms in total. The second kappa shape index (κ2) is 13.1. The minimum Gasteiger partial charge on any atom is -0.497 e. The third-order valence-corrected chi connectivity index (χ3v) is 7.13. The molecule has 3 rings (SSSR count). The zero-order valence-corrected chi connectivity index (χ0v) is 21.5. The number of amides is 2. The number of benzene rings is 2. The van der Waals surface area contributed by atoms with Gasteiger partial charge in [-0.3, -0.25) is 19.8 Å². The molecular weight excluding hydrogens is 484 g/mol. The third kappa shape index (κ3) is 7.85. The number of likely N-dealkylation sites (N-methyl/N-ethyl adjacent to an activating group) is 1. The van der Waals surface area contributed by atoms with Crippen LogP contribution >= 0.6 is 11.8 Å². The number of nitro benzene ring substituents is 1. The largest absolute Gasteiger partial charge is 0.497 e. The number of non-ortho nitro benzene ring substituents is 1. The van der Waals surface area contributed by atoms with E-state index in [4.69, 9.17) is 9.47 Å². The number of nitro groups is 1. The Morgan fingerprint density at radius 3 is 2.42 bits per heavy atom. The number of carbonyl (C=O) groups is 2. The van der Waals surface area contributed by atoms with Crippen LogP contribution in [0.1, 0.15) is 17.5 Å². The molecule has 0 unspecified atom stereocenters. The Balaban J connectivity index is 1.61. The van der Waals surface area contributed by atoms with E-state index in [1.807, 2.05) is 43.3 Å². The summed E-state index contributed by atoms with van der Waals surface area (Å²) in [7, 11) is 5.48. The van der Waals surface area contributed by atoms with Crippen molar-refractivity contribution in [3.8, 4) is 5.75 Å². The lowest BCUT2D eigenvalue weighted by molar-refractivity contribution is -0.384. The molecular formula is C25H32N4O6S. The van der Waals surface area contributed by atoms with Crippen LogP contribution in [0.2, 0.25) is 0 Å². The van der Waals surface area contributed by atoms with Crippen molar-refractivity contribution >= 4 is 29.4 Å². The summed E-state index contributed by atoms with van der Waals surface area (Å²) in [6.07, 6.45) is -0.0463. The highest BCUT2D eigenvalue weighted by Gasteiger charge is 2.40. The number of likely N-dealkylation sites (tertiary alicyclic amines) is 1. The van der Waals surface area contributed by atoms with Crippen molar-refractivity contribution in [1.82, 2.24) is 15.1 Å². The number of hydrogen-bond donors (Lipinski definition) is 1. The lowest BCUT2D eigenvalue weighted by Crippen LogP contribution is -2.47. The van der Waals surface area contributed by atoms with Gasteiger partial charge < -0.3 is 19.7 Å². The normalized spacial score (nSPS) is 17.2. The quantitative estimate of drug-likeness (QED) is 0.358. The third-order valence-electron chi connectivity index (χ3n) is 5.81. The number of ether oxygens (including phenoxy) is 2. The van der Waals surface area contributed by atoms with E-state index in [1.54, 1.807) is 31.0 Å². The van der Waals surface area contributed by atoms with Crippen molar-refractivity contribution in [3.05, 3.63) is 69.8 Å². The topological polar surface area (TPSA) is 114 Å². The van der Waals surface area contributed by atoms with Crippen LogP contribution in [0.15, 0.2) is 48.5 Å². The van der Waals surface area contributed by atoms with E-state index in [1.165, 1.54) is 17.0 Å². The Hall–Kier alpha value is -3.31. The summed E-state index contributed by atoms with van der Waals surface area (Å²) in [5.74, 6) is 1.34. The molecule has 1 fully saturated rings. The number of carbonyl (C=O) groups excluding carboxylic acids is 2. The van der Waals surface area contributed by atoms with Crippen molar-refractivity contribution in [2.75, 3.05) is 40.8 Å². The molecule has 0 aliphatic carbocycles. The predicted octanol–water partition coefficient (Wildman–Crippen LogP) is 3.29. The van der Waals surface area contributed by atoms with E-state index in [0.29, 0.717) is 31.6 Å². The maximum Gasteiger partial charge on any atom is 0.410 e. The molecule has 2 amide bonds. The predicted molar refractivity (Wildman–Crippen MR) is 138 cm³/mol. The van der Waals surface area contributed by atoms with Crippen molar-refractivity contribution in [1.29, 1.82) is 0 Å². The smallest absolute Gasteiger partial charge is 0.410 e. The van der Waals surface area contributed by atoms with E-state index in [0.717, 1.165) is 17.1 Å².